The summed E-state index contributed by atoms with van der Waals surface area (Å²) in [6.07, 6.45) is 1.31. The molecule has 1 rings (SSSR count). The van der Waals surface area contributed by atoms with Crippen LogP contribution in [0.3, 0.4) is 0 Å². The van der Waals surface area contributed by atoms with Crippen molar-refractivity contribution in [1.29, 1.82) is 0 Å². The number of benzene rings is 1. The summed E-state index contributed by atoms with van der Waals surface area (Å²) < 4.78 is 7.24. The van der Waals surface area contributed by atoms with E-state index >= 15 is 0 Å². The first kappa shape index (κ1) is 15.4. The summed E-state index contributed by atoms with van der Waals surface area (Å²) in [7, 11) is -1.88. The van der Waals surface area contributed by atoms with Crippen LogP contribution in [-0.4, -0.2) is 14.6 Å². The Kier molecular flexibility index (Phi) is 4.78. The van der Waals surface area contributed by atoms with Gasteiger partial charge in [0.1, 0.15) is 12.0 Å². The molecule has 4 heteroatoms. The Morgan fingerprint density at radius 3 is 2.44 bits per heavy atom. The Morgan fingerprint density at radius 1 is 1.33 bits per heavy atom. The Hall–Kier alpha value is -0.613. The second kappa shape index (κ2) is 5.57. The first-order valence-corrected chi connectivity index (χ1v) is 9.79. The van der Waals surface area contributed by atoms with Crippen LogP contribution in [0.1, 0.15) is 26.3 Å². The summed E-state index contributed by atoms with van der Waals surface area (Å²) in [5.74, 6) is 0.830. The van der Waals surface area contributed by atoms with Gasteiger partial charge in [-0.15, -0.1) is 0 Å². The maximum Gasteiger partial charge on any atom is 0.250 e. The van der Waals surface area contributed by atoms with Crippen LogP contribution in [0, 0.1) is 0 Å². The van der Waals surface area contributed by atoms with Crippen LogP contribution in [0.25, 0.3) is 0 Å². The monoisotopic (exact) mass is 328 g/mol. The molecule has 0 bridgehead atoms. The standard InChI is InChI=1S/C14H21BrO2Si/c1-14(2,3)18(4,5)17-13-11(9-10-16)7-6-8-12(13)15/h6-8,10H,9H2,1-5H3. The molecule has 0 saturated heterocycles. The fourth-order valence-corrected chi connectivity index (χ4v) is 3.02. The minimum Gasteiger partial charge on any atom is -0.543 e. The first-order chi connectivity index (χ1) is 8.19. The molecule has 1 aromatic rings. The maximum atomic E-state index is 10.7. The lowest BCUT2D eigenvalue weighted by atomic mass is 10.1. The smallest absolute Gasteiger partial charge is 0.250 e. The van der Waals surface area contributed by atoms with Crippen LogP contribution < -0.4 is 4.43 Å². The third-order valence-corrected chi connectivity index (χ3v) is 8.47. The van der Waals surface area contributed by atoms with E-state index in [-0.39, 0.29) is 5.04 Å². The molecule has 100 valence electrons. The van der Waals surface area contributed by atoms with Crippen molar-refractivity contribution in [2.75, 3.05) is 0 Å². The molecule has 0 N–H and O–H groups in total. The van der Waals surface area contributed by atoms with Gasteiger partial charge in [0.2, 0.25) is 0 Å². The first-order valence-electron chi connectivity index (χ1n) is 6.09. The minimum atomic E-state index is -1.88. The van der Waals surface area contributed by atoms with Gasteiger partial charge in [0, 0.05) is 12.0 Å². The van der Waals surface area contributed by atoms with Crippen molar-refractivity contribution >= 4 is 30.5 Å². The van der Waals surface area contributed by atoms with Gasteiger partial charge in [-0.25, -0.2) is 0 Å². The van der Waals surface area contributed by atoms with Gasteiger partial charge in [-0.3, -0.25) is 0 Å². The van der Waals surface area contributed by atoms with E-state index in [4.69, 9.17) is 4.43 Å². The predicted octanol–water partition coefficient (Wildman–Crippen LogP) is 4.57. The number of hydrogen-bond donors (Lipinski definition) is 0. The van der Waals surface area contributed by atoms with Gasteiger partial charge in [0.15, 0.2) is 0 Å². The fourth-order valence-electron chi connectivity index (χ4n) is 1.33. The molecule has 0 spiro atoms. The van der Waals surface area contributed by atoms with E-state index in [0.717, 1.165) is 22.1 Å². The largest absolute Gasteiger partial charge is 0.543 e. The van der Waals surface area contributed by atoms with E-state index in [9.17, 15) is 4.79 Å². The molecule has 2 nitrogen and oxygen atoms in total. The van der Waals surface area contributed by atoms with Gasteiger partial charge in [-0.1, -0.05) is 32.9 Å². The average Bonchev–Trinajstić information content (AvgIpc) is 2.22. The van der Waals surface area contributed by atoms with Crippen LogP contribution in [0.2, 0.25) is 18.1 Å². The zero-order valence-corrected chi connectivity index (χ0v) is 14.3. The van der Waals surface area contributed by atoms with Gasteiger partial charge in [-0.05, 0) is 40.1 Å². The summed E-state index contributed by atoms with van der Waals surface area (Å²) in [5.41, 5.74) is 0.948. The summed E-state index contributed by atoms with van der Waals surface area (Å²) in [6.45, 7) is 11.0. The van der Waals surface area contributed by atoms with Crippen molar-refractivity contribution in [3.8, 4) is 5.75 Å². The predicted molar refractivity (Wildman–Crippen MR) is 81.7 cm³/mol. The van der Waals surface area contributed by atoms with Crippen molar-refractivity contribution in [1.82, 2.24) is 0 Å². The topological polar surface area (TPSA) is 26.3 Å². The number of carbonyl (C=O) groups is 1. The third-order valence-electron chi connectivity index (χ3n) is 3.52. The lowest BCUT2D eigenvalue weighted by Gasteiger charge is -2.37. The highest BCUT2D eigenvalue weighted by atomic mass is 79.9. The molecule has 0 amide bonds. The Labute approximate surface area is 119 Å². The summed E-state index contributed by atoms with van der Waals surface area (Å²) in [6, 6.07) is 5.83. The quantitative estimate of drug-likeness (QED) is 0.597. The van der Waals surface area contributed by atoms with E-state index in [1.54, 1.807) is 0 Å². The van der Waals surface area contributed by atoms with Gasteiger partial charge in [-0.2, -0.15) is 0 Å². The van der Waals surface area contributed by atoms with E-state index in [1.165, 1.54) is 0 Å². The Bertz CT molecular complexity index is 436. The fraction of sp³-hybridized carbons (Fsp3) is 0.500. The molecule has 1 aromatic carbocycles. The van der Waals surface area contributed by atoms with Crippen LogP contribution in [0.5, 0.6) is 5.75 Å². The zero-order valence-electron chi connectivity index (χ0n) is 11.7. The van der Waals surface area contributed by atoms with Crippen molar-refractivity contribution in [3.63, 3.8) is 0 Å². The highest BCUT2D eigenvalue weighted by molar-refractivity contribution is 9.10. The van der Waals surface area contributed by atoms with Crippen LogP contribution in [0.4, 0.5) is 0 Å². The van der Waals surface area contributed by atoms with Gasteiger partial charge in [0.05, 0.1) is 4.47 Å². The van der Waals surface area contributed by atoms with Gasteiger partial charge >= 0.3 is 0 Å². The summed E-state index contributed by atoms with van der Waals surface area (Å²) in [4.78, 5) is 10.7. The summed E-state index contributed by atoms with van der Waals surface area (Å²) >= 11 is 3.52. The van der Waals surface area contributed by atoms with E-state index in [1.807, 2.05) is 18.2 Å². The molecule has 0 heterocycles. The second-order valence-corrected chi connectivity index (χ2v) is 11.5. The number of para-hydroxylation sites is 1. The molecule has 0 aliphatic carbocycles. The molecule has 18 heavy (non-hydrogen) atoms. The maximum absolute atomic E-state index is 10.7. The zero-order chi connectivity index (χ0) is 14.0. The molecular weight excluding hydrogens is 308 g/mol. The highest BCUT2D eigenvalue weighted by Crippen LogP contribution is 2.40. The lowest BCUT2D eigenvalue weighted by Crippen LogP contribution is -2.44. The van der Waals surface area contributed by atoms with Crippen molar-refractivity contribution < 1.29 is 9.22 Å². The number of halogens is 1. The minimum absolute atomic E-state index is 0.140. The normalized spacial score (nSPS) is 12.3. The van der Waals surface area contributed by atoms with E-state index in [2.05, 4.69) is 49.8 Å². The SMILES string of the molecule is CC(C)(C)[Si](C)(C)Oc1c(Br)cccc1CC=O. The van der Waals surface area contributed by atoms with Crippen LogP contribution >= 0.6 is 15.9 Å². The summed E-state index contributed by atoms with van der Waals surface area (Å²) in [5, 5.41) is 0.140. The highest BCUT2D eigenvalue weighted by Gasteiger charge is 2.39. The molecule has 0 atom stereocenters. The second-order valence-electron chi connectivity index (χ2n) is 5.96. The van der Waals surface area contributed by atoms with E-state index < -0.39 is 8.32 Å². The molecule has 0 aliphatic rings. The van der Waals surface area contributed by atoms with Crippen molar-refractivity contribution in [3.05, 3.63) is 28.2 Å². The van der Waals surface area contributed by atoms with Crippen molar-refractivity contribution in [2.45, 2.75) is 45.3 Å². The van der Waals surface area contributed by atoms with Crippen LogP contribution in [0.15, 0.2) is 22.7 Å². The molecule has 0 unspecified atom stereocenters. The molecule has 0 radical (unpaired) electrons. The van der Waals surface area contributed by atoms with Gasteiger partial charge < -0.3 is 9.22 Å². The lowest BCUT2D eigenvalue weighted by molar-refractivity contribution is -0.107. The van der Waals surface area contributed by atoms with E-state index in [0.29, 0.717) is 6.42 Å². The molecule has 0 aromatic heterocycles. The van der Waals surface area contributed by atoms with Crippen molar-refractivity contribution in [2.24, 2.45) is 0 Å². The Morgan fingerprint density at radius 2 is 1.94 bits per heavy atom. The number of rotatable bonds is 4. The van der Waals surface area contributed by atoms with Crippen LogP contribution in [-0.2, 0) is 11.2 Å². The molecular formula is C14H21BrO2Si. The Balaban J connectivity index is 3.14. The number of carbonyl (C=O) groups excluding carboxylic acids is 1. The number of aldehydes is 1. The van der Waals surface area contributed by atoms with Gasteiger partial charge in [0.25, 0.3) is 8.32 Å². The average molecular weight is 329 g/mol. The molecule has 0 fully saturated rings. The molecule has 0 aliphatic heterocycles. The molecule has 0 saturated carbocycles. The third kappa shape index (κ3) is 3.45. The number of hydrogen-bond acceptors (Lipinski definition) is 2.